The normalized spacial score (nSPS) is 25.4. The van der Waals surface area contributed by atoms with Crippen molar-refractivity contribution in [1.82, 2.24) is 10.0 Å². The summed E-state index contributed by atoms with van der Waals surface area (Å²) in [6, 6.07) is 15.8. The maximum absolute atomic E-state index is 14.1. The van der Waals surface area contributed by atoms with E-state index in [9.17, 15) is 24.0 Å². The molecule has 3 aliphatic rings. The van der Waals surface area contributed by atoms with Gasteiger partial charge in [0.25, 0.3) is 17.7 Å². The Labute approximate surface area is 320 Å². The zero-order valence-electron chi connectivity index (χ0n) is 23.5. The van der Waals surface area contributed by atoms with Gasteiger partial charge in [0.05, 0.1) is 37.5 Å². The van der Waals surface area contributed by atoms with Crippen LogP contribution in [0.25, 0.3) is 0 Å². The van der Waals surface area contributed by atoms with E-state index < -0.39 is 61.9 Å². The molecule has 2 bridgehead atoms. The second-order valence-electron chi connectivity index (χ2n) is 10.9. The lowest BCUT2D eigenvalue weighted by Gasteiger charge is -2.36. The third-order valence-corrected chi connectivity index (χ3v) is 13.8. The molecule has 3 aromatic rings. The fourth-order valence-corrected chi connectivity index (χ4v) is 9.41. The summed E-state index contributed by atoms with van der Waals surface area (Å²) in [6.07, 6.45) is 0. The molecule has 248 valence electrons. The molecule has 4 atom stereocenters. The van der Waals surface area contributed by atoms with Crippen LogP contribution < -0.4 is 4.74 Å². The largest absolute Gasteiger partial charge is 0.423 e. The van der Waals surface area contributed by atoms with Crippen molar-refractivity contribution in [3.05, 3.63) is 108 Å². The average molecular weight is 875 g/mol. The molecule has 3 amide bonds. The van der Waals surface area contributed by atoms with Crippen molar-refractivity contribution in [2.45, 2.75) is 14.1 Å². The number of nitrogens with zero attached hydrogens (tertiary/aromatic N) is 2. The lowest BCUT2D eigenvalue weighted by molar-refractivity contribution is -0.154. The number of ketones is 1. The second-order valence-corrected chi connectivity index (χ2v) is 15.9. The molecule has 1 saturated carbocycles. The van der Waals surface area contributed by atoms with E-state index in [4.69, 9.17) is 97.5 Å². The molecule has 8 nitrogen and oxygen atoms in total. The van der Waals surface area contributed by atoms with Crippen LogP contribution in [0.2, 0.25) is 10.0 Å². The monoisotopic (exact) mass is 870 g/mol. The summed E-state index contributed by atoms with van der Waals surface area (Å²) in [4.78, 5) is 64.0. The Hall–Kier alpha value is -2.05. The molecule has 0 aromatic heterocycles. The molecule has 0 N–H and O–H groups in total. The van der Waals surface area contributed by atoms with Crippen molar-refractivity contribution >= 4 is 138 Å². The minimum absolute atomic E-state index is 0.00713. The Kier molecular flexibility index (Phi) is 9.40. The van der Waals surface area contributed by atoms with Gasteiger partial charge in [0.15, 0.2) is 10.1 Å². The summed E-state index contributed by atoms with van der Waals surface area (Å²) in [6.45, 7) is -0.833. The molecular weight excluding hydrogens is 860 g/mol. The van der Waals surface area contributed by atoms with E-state index in [1.165, 1.54) is 42.5 Å². The van der Waals surface area contributed by atoms with Crippen LogP contribution in [0.15, 0.2) is 81.3 Å². The van der Waals surface area contributed by atoms with Crippen LogP contribution in [-0.2, 0) is 9.59 Å². The zero-order valence-corrected chi connectivity index (χ0v) is 31.1. The second kappa shape index (κ2) is 12.6. The van der Waals surface area contributed by atoms with E-state index in [0.29, 0.717) is 15.6 Å². The number of halogens is 9. The maximum atomic E-state index is 14.1. The lowest BCUT2D eigenvalue weighted by Crippen LogP contribution is -2.56. The number of rotatable bonds is 7. The van der Waals surface area contributed by atoms with Crippen LogP contribution in [-0.4, -0.2) is 60.1 Å². The van der Waals surface area contributed by atoms with Crippen LogP contribution in [0.5, 0.6) is 5.75 Å². The number of alkyl halides is 4. The number of amides is 3. The predicted octanol–water partition coefficient (Wildman–Crippen LogP) is 8.66. The Morgan fingerprint density at radius 3 is 1.75 bits per heavy atom. The van der Waals surface area contributed by atoms with Gasteiger partial charge in [-0.25, -0.2) is 9.80 Å². The minimum atomic E-state index is -2.21. The molecule has 2 aliphatic carbocycles. The molecule has 0 unspecified atom stereocenters. The Morgan fingerprint density at radius 2 is 1.23 bits per heavy atom. The highest BCUT2D eigenvalue weighted by Crippen LogP contribution is 2.77. The van der Waals surface area contributed by atoms with Gasteiger partial charge in [-0.05, 0) is 66.7 Å². The van der Waals surface area contributed by atoms with Crippen molar-refractivity contribution in [2.24, 2.45) is 11.8 Å². The van der Waals surface area contributed by atoms with E-state index in [2.05, 4.69) is 15.9 Å². The lowest BCUT2D eigenvalue weighted by atomic mass is 9.84. The summed E-state index contributed by atoms with van der Waals surface area (Å²) in [5, 5.41) is 0.582. The van der Waals surface area contributed by atoms with Crippen molar-refractivity contribution in [3.63, 3.8) is 0 Å². The van der Waals surface area contributed by atoms with Gasteiger partial charge in [-0.3, -0.25) is 19.2 Å². The number of hydrogen-bond acceptors (Lipinski definition) is 6. The number of ether oxygens (including phenoxy) is 1. The number of hydrogen-bond donors (Lipinski definition) is 0. The predicted molar refractivity (Wildman–Crippen MR) is 187 cm³/mol. The van der Waals surface area contributed by atoms with Crippen LogP contribution in [0.3, 0.4) is 0 Å². The number of Topliss-reactive ketones (excluding diaryl/α,β-unsaturated/α-hetero) is 1. The fraction of sp³-hybridized carbons (Fsp3) is 0.194. The van der Waals surface area contributed by atoms with E-state index in [0.717, 1.165) is 4.47 Å². The summed E-state index contributed by atoms with van der Waals surface area (Å²) in [5.74, 6) is -7.42. The van der Waals surface area contributed by atoms with Crippen LogP contribution in [0.4, 0.5) is 0 Å². The number of carbonyl (C=O) groups is 5. The van der Waals surface area contributed by atoms with E-state index in [1.807, 2.05) is 0 Å². The van der Waals surface area contributed by atoms with E-state index in [-0.39, 0.29) is 37.0 Å². The van der Waals surface area contributed by atoms with Gasteiger partial charge in [0.1, 0.15) is 22.0 Å². The summed E-state index contributed by atoms with van der Waals surface area (Å²) in [7, 11) is 0. The zero-order chi connectivity index (χ0) is 35.1. The van der Waals surface area contributed by atoms with Crippen molar-refractivity contribution in [3.8, 4) is 5.75 Å². The number of hydrazine groups is 1. The van der Waals surface area contributed by atoms with Gasteiger partial charge in [-0.2, -0.15) is 5.01 Å². The van der Waals surface area contributed by atoms with Crippen molar-refractivity contribution < 1.29 is 28.7 Å². The fourth-order valence-electron chi connectivity index (χ4n) is 5.92. The van der Waals surface area contributed by atoms with Gasteiger partial charge in [0.2, 0.25) is 0 Å². The van der Waals surface area contributed by atoms with Crippen molar-refractivity contribution in [1.29, 1.82) is 0 Å². The highest BCUT2D eigenvalue weighted by Gasteiger charge is 2.88. The smallest absolute Gasteiger partial charge is 0.343 e. The molecule has 0 radical (unpaired) electrons. The molecule has 0 spiro atoms. The topological polar surface area (TPSA) is 101 Å². The molecular formula is C31H15BrCl8N2O6. The molecule has 2 fully saturated rings. The van der Waals surface area contributed by atoms with E-state index in [1.54, 1.807) is 24.3 Å². The first kappa shape index (κ1) is 35.8. The van der Waals surface area contributed by atoms with Gasteiger partial charge in [-0.1, -0.05) is 85.5 Å². The number of imide groups is 1. The molecule has 3 aromatic carbocycles. The first-order valence-electron chi connectivity index (χ1n) is 13.5. The summed E-state index contributed by atoms with van der Waals surface area (Å²) < 4.78 is 3.95. The number of benzene rings is 3. The highest BCUT2D eigenvalue weighted by atomic mass is 79.9. The summed E-state index contributed by atoms with van der Waals surface area (Å²) in [5.41, 5.74) is 0.219. The third-order valence-electron chi connectivity index (χ3n) is 8.29. The number of carbonyl (C=O) groups excluding carboxylic acids is 5. The van der Waals surface area contributed by atoms with Gasteiger partial charge in [-0.15, -0.1) is 23.2 Å². The Bertz CT molecular complexity index is 1930. The quantitative estimate of drug-likeness (QED) is 0.0775. The van der Waals surface area contributed by atoms with Gasteiger partial charge >= 0.3 is 5.97 Å². The van der Waals surface area contributed by atoms with E-state index >= 15 is 0 Å². The Balaban J connectivity index is 1.32. The molecule has 48 heavy (non-hydrogen) atoms. The molecule has 6 rings (SSSR count). The first-order chi connectivity index (χ1) is 22.5. The molecule has 1 heterocycles. The van der Waals surface area contributed by atoms with Crippen LogP contribution >= 0.6 is 109 Å². The number of fused-ring (bicyclic) bond motifs is 5. The highest BCUT2D eigenvalue weighted by molar-refractivity contribution is 9.10. The van der Waals surface area contributed by atoms with Gasteiger partial charge in [0, 0.05) is 15.6 Å². The van der Waals surface area contributed by atoms with Crippen LogP contribution in [0.1, 0.15) is 31.1 Å². The average Bonchev–Trinajstić information content (AvgIpc) is 3.44. The number of allylic oxidation sites excluding steroid dienone is 2. The minimum Gasteiger partial charge on any atom is -0.423 e. The van der Waals surface area contributed by atoms with Crippen molar-refractivity contribution in [2.75, 3.05) is 6.54 Å². The standard InChI is InChI=1S/C31H15BrCl8N2O6/c32-16-6-1-14(2-7-16)28(47)48-17-8-3-13(4-9-17)20(43)12-41(25(44)15-5-10-18(33)19(34)11-15)42-26(45)21-22(27(42)46)30(38)24(36)23(35)29(21,37)31(30,39)40/h1-11,21-22H,12H2/t21-,22-,29+,30+/m0/s1. The summed E-state index contributed by atoms with van der Waals surface area (Å²) >= 11 is 55.1. The number of esters is 1. The molecule has 1 saturated heterocycles. The third kappa shape index (κ3) is 5.19. The SMILES string of the molecule is O=C(CN(C(=O)c1ccc(Cl)c(Cl)c1)N1C(=O)[C@@H]2[C@@H](C1=O)[C@@]1(Cl)C(Cl)=C(Cl)[C@@]2(Cl)C1(Cl)Cl)c1ccc(OC(=O)c2ccc(Br)cc2)cc1. The van der Waals surface area contributed by atoms with Crippen LogP contribution in [0, 0.1) is 11.8 Å². The Morgan fingerprint density at radius 1 is 0.729 bits per heavy atom. The molecule has 17 heteroatoms. The maximum Gasteiger partial charge on any atom is 0.343 e. The van der Waals surface area contributed by atoms with Gasteiger partial charge < -0.3 is 4.74 Å². The first-order valence-corrected chi connectivity index (χ1v) is 17.4. The molecule has 1 aliphatic heterocycles.